The molecule has 0 atom stereocenters. The van der Waals surface area contributed by atoms with Gasteiger partial charge < -0.3 is 10.1 Å². The van der Waals surface area contributed by atoms with Crippen LogP contribution in [-0.2, 0) is 13.2 Å². The van der Waals surface area contributed by atoms with E-state index in [1.54, 1.807) is 10.9 Å². The normalized spacial score (nSPS) is 10.7. The molecule has 1 heterocycles. The van der Waals surface area contributed by atoms with E-state index in [0.717, 1.165) is 28.8 Å². The Morgan fingerprint density at radius 2 is 1.62 bits per heavy atom. The zero-order chi connectivity index (χ0) is 22.5. The first-order valence-corrected chi connectivity index (χ1v) is 10.1. The maximum Gasteiger partial charge on any atom is 0.276 e. The largest absolute Gasteiger partial charge is 0.489 e. The molecule has 0 radical (unpaired) electrons. The van der Waals surface area contributed by atoms with Crippen molar-refractivity contribution >= 4 is 11.6 Å². The van der Waals surface area contributed by atoms with Gasteiger partial charge in [-0.2, -0.15) is 5.10 Å². The minimum Gasteiger partial charge on any atom is -0.489 e. The maximum atomic E-state index is 13.8. The second-order valence-electron chi connectivity index (χ2n) is 7.27. The van der Waals surface area contributed by atoms with Crippen molar-refractivity contribution < 1.29 is 18.3 Å². The molecule has 0 spiro atoms. The Hall–Kier alpha value is -4.00. The van der Waals surface area contributed by atoms with Crippen LogP contribution < -0.4 is 10.1 Å². The van der Waals surface area contributed by atoms with Gasteiger partial charge in [-0.1, -0.05) is 48.5 Å². The molecule has 0 unspecified atom stereocenters. The van der Waals surface area contributed by atoms with Crippen LogP contribution in [0.3, 0.4) is 0 Å². The van der Waals surface area contributed by atoms with Gasteiger partial charge in [-0.25, -0.2) is 8.78 Å². The number of nitrogens with zero attached hydrogens (tertiary/aromatic N) is 2. The molecule has 162 valence electrons. The van der Waals surface area contributed by atoms with Crippen molar-refractivity contribution in [3.63, 3.8) is 0 Å². The quantitative estimate of drug-likeness (QED) is 0.428. The van der Waals surface area contributed by atoms with E-state index in [9.17, 15) is 13.6 Å². The van der Waals surface area contributed by atoms with Crippen molar-refractivity contribution in [1.29, 1.82) is 0 Å². The molecule has 4 aromatic rings. The zero-order valence-corrected chi connectivity index (χ0v) is 17.4. The lowest BCUT2D eigenvalue weighted by Crippen LogP contribution is -2.15. The number of rotatable bonds is 7. The summed E-state index contributed by atoms with van der Waals surface area (Å²) < 4.78 is 35.2. The van der Waals surface area contributed by atoms with Gasteiger partial charge in [0.15, 0.2) is 5.69 Å². The summed E-state index contributed by atoms with van der Waals surface area (Å²) in [6.45, 7) is 2.84. The van der Waals surface area contributed by atoms with Gasteiger partial charge in [-0.3, -0.25) is 9.48 Å². The Morgan fingerprint density at radius 3 is 2.38 bits per heavy atom. The van der Waals surface area contributed by atoms with E-state index in [1.165, 1.54) is 12.1 Å². The number of aromatic nitrogens is 2. The second kappa shape index (κ2) is 9.43. The number of benzene rings is 3. The highest BCUT2D eigenvalue weighted by molar-refractivity contribution is 6.02. The van der Waals surface area contributed by atoms with Crippen LogP contribution in [0.2, 0.25) is 0 Å². The highest BCUT2D eigenvalue weighted by Gasteiger charge is 2.16. The summed E-state index contributed by atoms with van der Waals surface area (Å²) in [5.74, 6) is -1.68. The van der Waals surface area contributed by atoms with Crippen molar-refractivity contribution in [3.05, 3.63) is 113 Å². The van der Waals surface area contributed by atoms with Crippen molar-refractivity contribution in [2.75, 3.05) is 5.32 Å². The summed E-state index contributed by atoms with van der Waals surface area (Å²) in [6.07, 6.45) is 1.63. The Labute approximate surface area is 184 Å². The van der Waals surface area contributed by atoms with Gasteiger partial charge in [0.2, 0.25) is 0 Å². The fourth-order valence-corrected chi connectivity index (χ4v) is 3.24. The number of nitrogens with one attached hydrogen (secondary N) is 1. The maximum absolute atomic E-state index is 13.8. The first-order chi connectivity index (χ1) is 15.5. The van der Waals surface area contributed by atoms with Gasteiger partial charge in [0.1, 0.15) is 29.7 Å². The first-order valence-electron chi connectivity index (χ1n) is 10.1. The minimum absolute atomic E-state index is 0.0472. The topological polar surface area (TPSA) is 56.1 Å². The third kappa shape index (κ3) is 4.83. The molecule has 4 rings (SSSR count). The van der Waals surface area contributed by atoms with Crippen LogP contribution in [0.5, 0.6) is 5.75 Å². The zero-order valence-electron chi connectivity index (χ0n) is 17.4. The summed E-state index contributed by atoms with van der Waals surface area (Å²) in [5.41, 5.74) is 2.68. The Balaban J connectivity index is 1.46. The monoisotopic (exact) mass is 433 g/mol. The summed E-state index contributed by atoms with van der Waals surface area (Å²) in [4.78, 5) is 12.4. The van der Waals surface area contributed by atoms with E-state index in [4.69, 9.17) is 4.74 Å². The van der Waals surface area contributed by atoms with E-state index in [0.29, 0.717) is 18.9 Å². The lowest BCUT2D eigenvalue weighted by molar-refractivity contribution is 0.102. The van der Waals surface area contributed by atoms with Crippen molar-refractivity contribution in [2.24, 2.45) is 0 Å². The number of carbonyl (C=O) groups is 1. The molecule has 32 heavy (non-hydrogen) atoms. The van der Waals surface area contributed by atoms with E-state index in [-0.39, 0.29) is 5.69 Å². The molecule has 1 aromatic heterocycles. The number of ether oxygens (including phenoxy) is 1. The number of hydrogen-bond acceptors (Lipinski definition) is 3. The lowest BCUT2D eigenvalue weighted by Gasteiger charge is -2.13. The van der Waals surface area contributed by atoms with Gasteiger partial charge >= 0.3 is 0 Å². The molecule has 1 N–H and O–H groups in total. The third-order valence-corrected chi connectivity index (χ3v) is 5.02. The van der Waals surface area contributed by atoms with Crippen LogP contribution in [0.1, 0.15) is 27.2 Å². The number of aryl methyl sites for hydroxylation is 1. The lowest BCUT2D eigenvalue weighted by atomic mass is 10.1. The standard InChI is InChI=1S/C25H21F2N3O2/c1-17-7-2-3-9-19(17)16-32-23-12-5-4-8-18(23)15-30-14-13-22(29-30)25(31)28-24-20(26)10-6-11-21(24)27/h2-14H,15-16H2,1H3,(H,28,31). The Bertz CT molecular complexity index is 1230. The van der Waals surface area contributed by atoms with Crippen LogP contribution in [0.25, 0.3) is 0 Å². The summed E-state index contributed by atoms with van der Waals surface area (Å²) in [5, 5.41) is 6.48. The van der Waals surface area contributed by atoms with Crippen LogP contribution >= 0.6 is 0 Å². The molecule has 7 heteroatoms. The molecule has 0 fully saturated rings. The number of carbonyl (C=O) groups excluding carboxylic acids is 1. The molecule has 0 aliphatic rings. The fraction of sp³-hybridized carbons (Fsp3) is 0.120. The average molecular weight is 433 g/mol. The van der Waals surface area contributed by atoms with Gasteiger partial charge in [0.25, 0.3) is 5.91 Å². The molecule has 1 amide bonds. The molecular weight excluding hydrogens is 412 g/mol. The number of anilines is 1. The highest BCUT2D eigenvalue weighted by atomic mass is 19.1. The number of halogens is 2. The van der Waals surface area contributed by atoms with Crippen LogP contribution in [0, 0.1) is 18.6 Å². The third-order valence-electron chi connectivity index (χ3n) is 5.02. The van der Waals surface area contributed by atoms with E-state index in [1.807, 2.05) is 55.5 Å². The van der Waals surface area contributed by atoms with Crippen molar-refractivity contribution in [3.8, 4) is 5.75 Å². The minimum atomic E-state index is -0.850. The molecule has 0 bridgehead atoms. The van der Waals surface area contributed by atoms with Crippen LogP contribution in [0.4, 0.5) is 14.5 Å². The SMILES string of the molecule is Cc1ccccc1COc1ccccc1Cn1ccc(C(=O)Nc2c(F)cccc2F)n1. The average Bonchev–Trinajstić information content (AvgIpc) is 3.25. The Kier molecular flexibility index (Phi) is 6.26. The first kappa shape index (κ1) is 21.2. The summed E-state index contributed by atoms with van der Waals surface area (Å²) in [7, 11) is 0. The van der Waals surface area contributed by atoms with Crippen LogP contribution in [-0.4, -0.2) is 15.7 Å². The molecule has 0 aliphatic carbocycles. The number of amides is 1. The van der Waals surface area contributed by atoms with Gasteiger partial charge in [0, 0.05) is 11.8 Å². The summed E-state index contributed by atoms with van der Waals surface area (Å²) in [6, 6.07) is 20.5. The summed E-state index contributed by atoms with van der Waals surface area (Å²) >= 11 is 0. The smallest absolute Gasteiger partial charge is 0.276 e. The van der Waals surface area contributed by atoms with E-state index in [2.05, 4.69) is 10.4 Å². The van der Waals surface area contributed by atoms with E-state index < -0.39 is 23.2 Å². The van der Waals surface area contributed by atoms with Gasteiger partial charge in [-0.15, -0.1) is 0 Å². The van der Waals surface area contributed by atoms with Crippen molar-refractivity contribution in [1.82, 2.24) is 9.78 Å². The van der Waals surface area contributed by atoms with Gasteiger partial charge in [-0.05, 0) is 42.3 Å². The molecule has 0 aliphatic heterocycles. The number of hydrogen-bond donors (Lipinski definition) is 1. The predicted octanol–water partition coefficient (Wildman–Crippen LogP) is 5.35. The molecule has 0 saturated heterocycles. The fourth-order valence-electron chi connectivity index (χ4n) is 3.24. The molecule has 5 nitrogen and oxygen atoms in total. The highest BCUT2D eigenvalue weighted by Crippen LogP contribution is 2.22. The Morgan fingerprint density at radius 1 is 0.938 bits per heavy atom. The molecule has 3 aromatic carbocycles. The second-order valence-corrected chi connectivity index (χ2v) is 7.27. The van der Waals surface area contributed by atoms with Crippen molar-refractivity contribution in [2.45, 2.75) is 20.1 Å². The number of para-hydroxylation sites is 2. The molecule has 0 saturated carbocycles. The van der Waals surface area contributed by atoms with E-state index >= 15 is 0 Å². The van der Waals surface area contributed by atoms with Crippen LogP contribution in [0.15, 0.2) is 79.0 Å². The molecular formula is C25H21F2N3O2. The van der Waals surface area contributed by atoms with Gasteiger partial charge in [0.05, 0.1) is 6.54 Å². The predicted molar refractivity (Wildman–Crippen MR) is 118 cm³/mol.